The topological polar surface area (TPSA) is 47.0 Å². The van der Waals surface area contributed by atoms with E-state index in [0.29, 0.717) is 5.88 Å². The molecule has 4 heteroatoms. The zero-order valence-electron chi connectivity index (χ0n) is 12.7. The van der Waals surface area contributed by atoms with Crippen molar-refractivity contribution in [2.45, 2.75) is 34.6 Å². The largest absolute Gasteiger partial charge is 0.438 e. The standard InChI is InChI=1S/C16H21N3O/c1-6-17-15-13(5)16(19-9-18-15)20-14-11(3)8-7-10(2)12(14)4/h7-9H,6H2,1-5H3,(H,17,18,19). The van der Waals surface area contributed by atoms with Crippen molar-refractivity contribution < 1.29 is 4.74 Å². The van der Waals surface area contributed by atoms with Gasteiger partial charge in [0, 0.05) is 6.54 Å². The Balaban J connectivity index is 2.40. The van der Waals surface area contributed by atoms with E-state index in [1.54, 1.807) is 0 Å². The quantitative estimate of drug-likeness (QED) is 0.915. The summed E-state index contributed by atoms with van der Waals surface area (Å²) in [6, 6.07) is 4.17. The van der Waals surface area contributed by atoms with Crippen LogP contribution in [-0.4, -0.2) is 16.5 Å². The minimum absolute atomic E-state index is 0.604. The van der Waals surface area contributed by atoms with Crippen molar-refractivity contribution in [3.8, 4) is 11.6 Å². The Kier molecular flexibility index (Phi) is 4.23. The van der Waals surface area contributed by atoms with Crippen molar-refractivity contribution in [1.29, 1.82) is 0 Å². The Morgan fingerprint density at radius 1 is 1.00 bits per heavy atom. The minimum Gasteiger partial charge on any atom is -0.438 e. The van der Waals surface area contributed by atoms with Crippen molar-refractivity contribution in [1.82, 2.24) is 9.97 Å². The van der Waals surface area contributed by atoms with Gasteiger partial charge < -0.3 is 10.1 Å². The number of hydrogen-bond acceptors (Lipinski definition) is 4. The fourth-order valence-corrected chi connectivity index (χ4v) is 2.06. The Morgan fingerprint density at radius 2 is 1.70 bits per heavy atom. The lowest BCUT2D eigenvalue weighted by Crippen LogP contribution is -2.04. The average molecular weight is 271 g/mol. The van der Waals surface area contributed by atoms with Crippen LogP contribution in [0.3, 0.4) is 0 Å². The second kappa shape index (κ2) is 5.90. The maximum absolute atomic E-state index is 6.05. The molecule has 0 unspecified atom stereocenters. The van der Waals surface area contributed by atoms with Crippen LogP contribution in [0.1, 0.15) is 29.2 Å². The van der Waals surface area contributed by atoms with Crippen LogP contribution >= 0.6 is 0 Å². The van der Waals surface area contributed by atoms with Crippen molar-refractivity contribution in [3.63, 3.8) is 0 Å². The number of benzene rings is 1. The van der Waals surface area contributed by atoms with Gasteiger partial charge in [0.25, 0.3) is 0 Å². The van der Waals surface area contributed by atoms with Crippen molar-refractivity contribution in [2.75, 3.05) is 11.9 Å². The van der Waals surface area contributed by atoms with Crippen LogP contribution in [0.25, 0.3) is 0 Å². The van der Waals surface area contributed by atoms with Crippen LogP contribution in [0, 0.1) is 27.7 Å². The highest BCUT2D eigenvalue weighted by Crippen LogP contribution is 2.32. The van der Waals surface area contributed by atoms with Crippen LogP contribution in [-0.2, 0) is 0 Å². The zero-order chi connectivity index (χ0) is 14.7. The lowest BCUT2D eigenvalue weighted by atomic mass is 10.1. The van der Waals surface area contributed by atoms with Gasteiger partial charge in [0.15, 0.2) is 0 Å². The Labute approximate surface area is 120 Å². The van der Waals surface area contributed by atoms with E-state index in [4.69, 9.17) is 4.74 Å². The van der Waals surface area contributed by atoms with Crippen LogP contribution in [0.5, 0.6) is 11.6 Å². The number of hydrogen-bond donors (Lipinski definition) is 1. The molecule has 0 aliphatic rings. The molecular weight excluding hydrogens is 250 g/mol. The molecule has 0 aliphatic carbocycles. The van der Waals surface area contributed by atoms with Gasteiger partial charge in [-0.3, -0.25) is 0 Å². The molecule has 20 heavy (non-hydrogen) atoms. The summed E-state index contributed by atoms with van der Waals surface area (Å²) in [6.07, 6.45) is 1.53. The molecule has 1 heterocycles. The van der Waals surface area contributed by atoms with Gasteiger partial charge in [-0.25, -0.2) is 9.97 Å². The summed E-state index contributed by atoms with van der Waals surface area (Å²) in [6.45, 7) is 11.0. The normalized spacial score (nSPS) is 10.4. The Bertz CT molecular complexity index is 623. The fourth-order valence-electron chi connectivity index (χ4n) is 2.06. The van der Waals surface area contributed by atoms with Gasteiger partial charge in [-0.2, -0.15) is 0 Å². The van der Waals surface area contributed by atoms with Gasteiger partial charge in [0.2, 0.25) is 5.88 Å². The predicted molar refractivity (Wildman–Crippen MR) is 81.7 cm³/mol. The summed E-state index contributed by atoms with van der Waals surface area (Å²) < 4.78 is 6.05. The molecule has 1 N–H and O–H groups in total. The predicted octanol–water partition coefficient (Wildman–Crippen LogP) is 3.93. The summed E-state index contributed by atoms with van der Waals surface area (Å²) in [5.74, 6) is 2.31. The summed E-state index contributed by atoms with van der Waals surface area (Å²) in [7, 11) is 0. The molecule has 0 amide bonds. The van der Waals surface area contributed by atoms with E-state index in [1.165, 1.54) is 11.9 Å². The molecule has 106 valence electrons. The highest BCUT2D eigenvalue weighted by molar-refractivity contribution is 5.51. The highest BCUT2D eigenvalue weighted by Gasteiger charge is 2.12. The number of ether oxygens (including phenoxy) is 1. The van der Waals surface area contributed by atoms with Gasteiger partial charge in [-0.1, -0.05) is 12.1 Å². The second-order valence-corrected chi connectivity index (χ2v) is 4.94. The molecule has 0 bridgehead atoms. The molecule has 2 aromatic rings. The molecule has 1 aromatic heterocycles. The summed E-state index contributed by atoms with van der Waals surface area (Å²) in [4.78, 5) is 8.49. The van der Waals surface area contributed by atoms with E-state index in [2.05, 4.69) is 41.3 Å². The van der Waals surface area contributed by atoms with Crippen molar-refractivity contribution in [2.24, 2.45) is 0 Å². The first-order valence-corrected chi connectivity index (χ1v) is 6.84. The number of nitrogens with zero attached hydrogens (tertiary/aromatic N) is 2. The highest BCUT2D eigenvalue weighted by atomic mass is 16.5. The van der Waals surface area contributed by atoms with E-state index in [0.717, 1.165) is 34.8 Å². The minimum atomic E-state index is 0.604. The lowest BCUT2D eigenvalue weighted by molar-refractivity contribution is 0.450. The maximum Gasteiger partial charge on any atom is 0.227 e. The molecule has 0 saturated heterocycles. The molecule has 0 spiro atoms. The summed E-state index contributed by atoms with van der Waals surface area (Å²) in [5, 5.41) is 3.21. The smallest absolute Gasteiger partial charge is 0.227 e. The molecule has 1 aromatic carbocycles. The third-order valence-corrected chi connectivity index (χ3v) is 3.45. The first kappa shape index (κ1) is 14.3. The van der Waals surface area contributed by atoms with E-state index in [9.17, 15) is 0 Å². The Hall–Kier alpha value is -2.10. The molecule has 0 radical (unpaired) electrons. The third kappa shape index (κ3) is 2.74. The average Bonchev–Trinajstić information content (AvgIpc) is 2.43. The first-order chi connectivity index (χ1) is 9.54. The summed E-state index contributed by atoms with van der Waals surface area (Å²) >= 11 is 0. The van der Waals surface area contributed by atoms with Gasteiger partial charge in [-0.15, -0.1) is 0 Å². The van der Waals surface area contributed by atoms with Gasteiger partial charge in [0.05, 0.1) is 5.56 Å². The zero-order valence-corrected chi connectivity index (χ0v) is 12.7. The number of aryl methyl sites for hydroxylation is 2. The van der Waals surface area contributed by atoms with E-state index in [-0.39, 0.29) is 0 Å². The van der Waals surface area contributed by atoms with E-state index < -0.39 is 0 Å². The number of anilines is 1. The van der Waals surface area contributed by atoms with E-state index >= 15 is 0 Å². The van der Waals surface area contributed by atoms with Gasteiger partial charge >= 0.3 is 0 Å². The number of rotatable bonds is 4. The van der Waals surface area contributed by atoms with E-state index in [1.807, 2.05) is 20.8 Å². The number of aromatic nitrogens is 2. The summed E-state index contributed by atoms with van der Waals surface area (Å²) in [5.41, 5.74) is 4.39. The second-order valence-electron chi connectivity index (χ2n) is 4.94. The first-order valence-electron chi connectivity index (χ1n) is 6.84. The van der Waals surface area contributed by atoms with Crippen LogP contribution in [0.4, 0.5) is 5.82 Å². The fraction of sp³-hybridized carbons (Fsp3) is 0.375. The molecule has 0 atom stereocenters. The lowest BCUT2D eigenvalue weighted by Gasteiger charge is -2.15. The molecule has 2 rings (SSSR count). The van der Waals surface area contributed by atoms with Gasteiger partial charge in [-0.05, 0) is 51.3 Å². The van der Waals surface area contributed by atoms with Crippen LogP contribution in [0.15, 0.2) is 18.5 Å². The van der Waals surface area contributed by atoms with Gasteiger partial charge in [0.1, 0.15) is 17.9 Å². The molecule has 0 aliphatic heterocycles. The SMILES string of the molecule is CCNc1ncnc(Oc2c(C)ccc(C)c2C)c1C. The number of nitrogens with one attached hydrogen (secondary N) is 1. The Morgan fingerprint density at radius 3 is 2.40 bits per heavy atom. The van der Waals surface area contributed by atoms with Crippen molar-refractivity contribution >= 4 is 5.82 Å². The molecular formula is C16H21N3O. The maximum atomic E-state index is 6.05. The monoisotopic (exact) mass is 271 g/mol. The van der Waals surface area contributed by atoms with Crippen LogP contribution in [0.2, 0.25) is 0 Å². The molecule has 4 nitrogen and oxygen atoms in total. The third-order valence-electron chi connectivity index (χ3n) is 3.45. The molecule has 0 fully saturated rings. The van der Waals surface area contributed by atoms with Crippen LogP contribution < -0.4 is 10.1 Å². The van der Waals surface area contributed by atoms with Crippen molar-refractivity contribution in [3.05, 3.63) is 40.7 Å². The molecule has 0 saturated carbocycles.